The lowest BCUT2D eigenvalue weighted by Gasteiger charge is -2.34. The van der Waals surface area contributed by atoms with E-state index < -0.39 is 0 Å². The molecule has 0 atom stereocenters. The Kier molecular flexibility index (Phi) is 5.82. The van der Waals surface area contributed by atoms with Gasteiger partial charge in [-0.25, -0.2) is 9.67 Å². The summed E-state index contributed by atoms with van der Waals surface area (Å²) < 4.78 is 1.64. The summed E-state index contributed by atoms with van der Waals surface area (Å²) in [5.41, 5.74) is 2.24. The first-order valence-electron chi connectivity index (χ1n) is 9.75. The average molecular weight is 402 g/mol. The van der Waals surface area contributed by atoms with Gasteiger partial charge in [0.15, 0.2) is 0 Å². The Balaban J connectivity index is 1.33. The van der Waals surface area contributed by atoms with Gasteiger partial charge >= 0.3 is 0 Å². The Labute approximate surface area is 169 Å². The van der Waals surface area contributed by atoms with Gasteiger partial charge < -0.3 is 9.80 Å². The van der Waals surface area contributed by atoms with Crippen LogP contribution in [0.25, 0.3) is 0 Å². The largest absolute Gasteiger partial charge is 0.363 e. The lowest BCUT2D eigenvalue weighted by atomic mass is 10.2. The molecule has 0 radical (unpaired) electrons. The molecule has 0 N–H and O–H groups in total. The number of piperazine rings is 1. The van der Waals surface area contributed by atoms with Gasteiger partial charge in [0.25, 0.3) is 5.56 Å². The molecule has 0 unspecified atom stereocenters. The molecule has 150 valence electrons. The van der Waals surface area contributed by atoms with E-state index in [2.05, 4.69) is 24.9 Å². The van der Waals surface area contributed by atoms with E-state index in [1.165, 1.54) is 0 Å². The average Bonchev–Trinajstić information content (AvgIpc) is 2.72. The van der Waals surface area contributed by atoms with Crippen molar-refractivity contribution in [3.63, 3.8) is 0 Å². The Morgan fingerprint density at radius 3 is 2.79 bits per heavy atom. The fourth-order valence-electron chi connectivity index (χ4n) is 3.56. The van der Waals surface area contributed by atoms with E-state index in [0.29, 0.717) is 6.54 Å². The Morgan fingerprint density at radius 1 is 1.18 bits per heavy atom. The van der Waals surface area contributed by atoms with Crippen molar-refractivity contribution in [1.82, 2.24) is 24.6 Å². The van der Waals surface area contributed by atoms with Gasteiger partial charge in [-0.1, -0.05) is 0 Å². The Bertz CT molecular complexity index is 877. The molecular formula is C19H27N7OS. The van der Waals surface area contributed by atoms with Gasteiger partial charge in [-0.3, -0.25) is 9.69 Å². The summed E-state index contributed by atoms with van der Waals surface area (Å²) in [4.78, 5) is 28.0. The lowest BCUT2D eigenvalue weighted by Crippen LogP contribution is -2.48. The van der Waals surface area contributed by atoms with Crippen LogP contribution in [0.5, 0.6) is 0 Å². The highest BCUT2D eigenvalue weighted by Crippen LogP contribution is 2.21. The van der Waals surface area contributed by atoms with E-state index in [1.54, 1.807) is 10.7 Å². The van der Waals surface area contributed by atoms with Gasteiger partial charge in [0, 0.05) is 71.3 Å². The van der Waals surface area contributed by atoms with Crippen molar-refractivity contribution >= 4 is 23.5 Å². The van der Waals surface area contributed by atoms with Crippen LogP contribution in [0.15, 0.2) is 23.1 Å². The maximum atomic E-state index is 12.3. The van der Waals surface area contributed by atoms with Gasteiger partial charge in [-0.15, -0.1) is 0 Å². The molecule has 0 bridgehead atoms. The standard InChI is InChI=1S/C19H27N7OS/c1-23(2)17-3-5-20-19(21-17)25-9-6-24(7-10-25)8-11-26-18(27)13-15-14-28-12-4-16(15)22-26/h3,5,13H,4,6-12,14H2,1-2H3. The summed E-state index contributed by atoms with van der Waals surface area (Å²) in [6.45, 7) is 5.14. The highest BCUT2D eigenvalue weighted by Gasteiger charge is 2.20. The fraction of sp³-hybridized carbons (Fsp3) is 0.579. The summed E-state index contributed by atoms with van der Waals surface area (Å²) in [5.74, 6) is 3.72. The minimum absolute atomic E-state index is 0.0220. The Hall–Kier alpha value is -2.13. The summed E-state index contributed by atoms with van der Waals surface area (Å²) in [6, 6.07) is 3.70. The van der Waals surface area contributed by atoms with E-state index in [9.17, 15) is 4.79 Å². The molecule has 0 spiro atoms. The summed E-state index contributed by atoms with van der Waals surface area (Å²) in [5, 5.41) is 4.62. The molecule has 4 heterocycles. The molecule has 8 nitrogen and oxygen atoms in total. The smallest absolute Gasteiger partial charge is 0.267 e. The monoisotopic (exact) mass is 401 g/mol. The zero-order chi connectivity index (χ0) is 19.5. The topological polar surface area (TPSA) is 70.4 Å². The first-order valence-corrected chi connectivity index (χ1v) is 10.9. The van der Waals surface area contributed by atoms with Crippen LogP contribution < -0.4 is 15.4 Å². The van der Waals surface area contributed by atoms with E-state index >= 15 is 0 Å². The molecule has 28 heavy (non-hydrogen) atoms. The number of anilines is 2. The van der Waals surface area contributed by atoms with E-state index in [0.717, 1.165) is 73.7 Å². The SMILES string of the molecule is CN(C)c1ccnc(N2CCN(CCn3nc4c(cc3=O)CSCC4)CC2)n1. The fourth-order valence-corrected chi connectivity index (χ4v) is 4.51. The van der Waals surface area contributed by atoms with Crippen LogP contribution in [0.2, 0.25) is 0 Å². The highest BCUT2D eigenvalue weighted by molar-refractivity contribution is 7.98. The predicted molar refractivity (Wildman–Crippen MR) is 113 cm³/mol. The molecule has 2 aliphatic rings. The molecular weight excluding hydrogens is 374 g/mol. The molecule has 9 heteroatoms. The number of hydrogen-bond donors (Lipinski definition) is 0. The van der Waals surface area contributed by atoms with E-state index in [4.69, 9.17) is 0 Å². The van der Waals surface area contributed by atoms with Crippen LogP contribution in [0.3, 0.4) is 0 Å². The highest BCUT2D eigenvalue weighted by atomic mass is 32.2. The maximum Gasteiger partial charge on any atom is 0.267 e. The van der Waals surface area contributed by atoms with Crippen LogP contribution in [0.4, 0.5) is 11.8 Å². The van der Waals surface area contributed by atoms with Gasteiger partial charge in [-0.2, -0.15) is 21.8 Å². The first kappa shape index (κ1) is 19.2. The number of rotatable bonds is 5. The number of nitrogens with zero attached hydrogens (tertiary/aromatic N) is 7. The van der Waals surface area contributed by atoms with Crippen molar-refractivity contribution in [1.29, 1.82) is 0 Å². The molecule has 4 rings (SSSR count). The molecule has 0 amide bonds. The van der Waals surface area contributed by atoms with Crippen LogP contribution in [0, 0.1) is 0 Å². The third-order valence-electron chi connectivity index (χ3n) is 5.27. The number of aromatic nitrogens is 4. The molecule has 0 saturated carbocycles. The van der Waals surface area contributed by atoms with Crippen molar-refractivity contribution in [2.24, 2.45) is 0 Å². The number of hydrogen-bond acceptors (Lipinski definition) is 8. The second kappa shape index (κ2) is 8.48. The molecule has 2 aromatic heterocycles. The third-order valence-corrected chi connectivity index (χ3v) is 6.28. The van der Waals surface area contributed by atoms with Crippen LogP contribution >= 0.6 is 11.8 Å². The zero-order valence-corrected chi connectivity index (χ0v) is 17.4. The number of thioether (sulfide) groups is 1. The van der Waals surface area contributed by atoms with E-state index in [1.807, 2.05) is 43.0 Å². The number of fused-ring (bicyclic) bond motifs is 1. The van der Waals surface area contributed by atoms with Crippen molar-refractivity contribution < 1.29 is 0 Å². The summed E-state index contributed by atoms with van der Waals surface area (Å²) in [6.07, 6.45) is 2.78. The molecule has 2 aromatic rings. The lowest BCUT2D eigenvalue weighted by molar-refractivity contribution is 0.241. The van der Waals surface area contributed by atoms with E-state index in [-0.39, 0.29) is 5.56 Å². The quantitative estimate of drug-likeness (QED) is 0.726. The van der Waals surface area contributed by atoms with Crippen LogP contribution in [-0.2, 0) is 18.7 Å². The zero-order valence-electron chi connectivity index (χ0n) is 16.5. The molecule has 2 aliphatic heterocycles. The van der Waals surface area contributed by atoms with Crippen molar-refractivity contribution in [2.75, 3.05) is 62.4 Å². The van der Waals surface area contributed by atoms with Crippen LogP contribution in [-0.4, -0.2) is 77.2 Å². The third kappa shape index (κ3) is 4.30. The van der Waals surface area contributed by atoms with Gasteiger partial charge in [0.1, 0.15) is 5.82 Å². The molecule has 1 saturated heterocycles. The molecule has 0 aliphatic carbocycles. The van der Waals surface area contributed by atoms with Crippen LogP contribution in [0.1, 0.15) is 11.3 Å². The second-order valence-electron chi connectivity index (χ2n) is 7.42. The first-order chi connectivity index (χ1) is 13.6. The van der Waals surface area contributed by atoms with Gasteiger partial charge in [0.05, 0.1) is 12.2 Å². The second-order valence-corrected chi connectivity index (χ2v) is 8.52. The van der Waals surface area contributed by atoms with Crippen molar-refractivity contribution in [3.05, 3.63) is 39.9 Å². The number of aryl methyl sites for hydroxylation is 1. The normalized spacial score (nSPS) is 17.4. The molecule has 1 fully saturated rings. The predicted octanol–water partition coefficient (Wildman–Crippen LogP) is 0.711. The van der Waals surface area contributed by atoms with Gasteiger partial charge in [0.2, 0.25) is 5.95 Å². The molecule has 0 aromatic carbocycles. The minimum Gasteiger partial charge on any atom is -0.363 e. The summed E-state index contributed by atoms with van der Waals surface area (Å²) in [7, 11) is 3.97. The minimum atomic E-state index is 0.0220. The maximum absolute atomic E-state index is 12.3. The van der Waals surface area contributed by atoms with Crippen molar-refractivity contribution in [2.45, 2.75) is 18.7 Å². The van der Waals surface area contributed by atoms with Gasteiger partial charge in [-0.05, 0) is 17.4 Å². The van der Waals surface area contributed by atoms with Crippen molar-refractivity contribution in [3.8, 4) is 0 Å². The Morgan fingerprint density at radius 2 is 2.00 bits per heavy atom. The summed E-state index contributed by atoms with van der Waals surface area (Å²) >= 11 is 1.88.